The van der Waals surface area contributed by atoms with Crippen LogP contribution in [0.4, 0.5) is 0 Å². The number of rotatable bonds is 33. The van der Waals surface area contributed by atoms with Crippen molar-refractivity contribution in [1.82, 2.24) is 4.90 Å². The standard InChI is InChI=1S/C38H79N/c1-6-7-8-9-10-11-12-13-14-15-16-19-24-29-34-39(35-30-25-20-17-22-27-32-37(2)3)36-31-26-21-18-23-28-33-38(4)5/h37-38H,6-36H2,1-5H3. The van der Waals surface area contributed by atoms with Gasteiger partial charge in [-0.2, -0.15) is 0 Å². The largest absolute Gasteiger partial charge is 0.303 e. The first kappa shape index (κ1) is 39.0. The Balaban J connectivity index is 3.86. The first-order valence-electron chi connectivity index (χ1n) is 18.8. The summed E-state index contributed by atoms with van der Waals surface area (Å²) in [5, 5.41) is 0. The van der Waals surface area contributed by atoms with Crippen LogP contribution in [0.25, 0.3) is 0 Å². The number of hydrogen-bond acceptors (Lipinski definition) is 1. The van der Waals surface area contributed by atoms with Crippen molar-refractivity contribution in [2.75, 3.05) is 19.6 Å². The van der Waals surface area contributed by atoms with Crippen LogP contribution in [0, 0.1) is 11.8 Å². The van der Waals surface area contributed by atoms with Crippen LogP contribution in [0.2, 0.25) is 0 Å². The minimum atomic E-state index is 0.883. The molecule has 0 bridgehead atoms. The molecular weight excluding hydrogens is 470 g/mol. The van der Waals surface area contributed by atoms with Crippen molar-refractivity contribution in [3.05, 3.63) is 0 Å². The van der Waals surface area contributed by atoms with Crippen LogP contribution in [-0.2, 0) is 0 Å². The lowest BCUT2D eigenvalue weighted by molar-refractivity contribution is 0.254. The molecule has 1 nitrogen and oxygen atoms in total. The molecule has 0 aromatic rings. The minimum absolute atomic E-state index is 0.883. The molecule has 39 heavy (non-hydrogen) atoms. The molecule has 0 heterocycles. The number of nitrogens with zero attached hydrogens (tertiary/aromatic N) is 1. The van der Waals surface area contributed by atoms with Gasteiger partial charge in [0.05, 0.1) is 0 Å². The SMILES string of the molecule is CCCCCCCCCCCCCCCCN(CCCCCCCCC(C)C)CCCCCCCCC(C)C. The third-order valence-electron chi connectivity index (χ3n) is 8.84. The fourth-order valence-corrected chi connectivity index (χ4v) is 6.06. The molecule has 0 N–H and O–H groups in total. The number of hydrogen-bond donors (Lipinski definition) is 0. The Morgan fingerprint density at radius 2 is 0.538 bits per heavy atom. The molecule has 0 amide bonds. The molecule has 0 aliphatic heterocycles. The fraction of sp³-hybridized carbons (Fsp3) is 1.00. The average molecular weight is 550 g/mol. The maximum atomic E-state index is 2.85. The lowest BCUT2D eigenvalue weighted by Crippen LogP contribution is -2.27. The van der Waals surface area contributed by atoms with E-state index in [-0.39, 0.29) is 0 Å². The second kappa shape index (κ2) is 32.5. The smallest absolute Gasteiger partial charge is 0.00187 e. The molecule has 0 saturated heterocycles. The van der Waals surface area contributed by atoms with Gasteiger partial charge in [-0.15, -0.1) is 0 Å². The zero-order valence-electron chi connectivity index (χ0n) is 28.5. The highest BCUT2D eigenvalue weighted by Crippen LogP contribution is 2.16. The zero-order valence-corrected chi connectivity index (χ0v) is 28.5. The van der Waals surface area contributed by atoms with Crippen molar-refractivity contribution >= 4 is 0 Å². The maximum Gasteiger partial charge on any atom is -0.00187 e. The lowest BCUT2D eigenvalue weighted by atomic mass is 10.0. The predicted octanol–water partition coefficient (Wildman–Crippen LogP) is 13.5. The van der Waals surface area contributed by atoms with Gasteiger partial charge in [0.15, 0.2) is 0 Å². The summed E-state index contributed by atoms with van der Waals surface area (Å²) in [5.41, 5.74) is 0. The van der Waals surface area contributed by atoms with Crippen LogP contribution in [-0.4, -0.2) is 24.5 Å². The summed E-state index contributed by atoms with van der Waals surface area (Å²) >= 11 is 0. The fourth-order valence-electron chi connectivity index (χ4n) is 6.06. The second-order valence-electron chi connectivity index (χ2n) is 14.0. The Labute approximate surface area is 250 Å². The van der Waals surface area contributed by atoms with E-state index < -0.39 is 0 Å². The Bertz CT molecular complexity index is 404. The van der Waals surface area contributed by atoms with Gasteiger partial charge in [0, 0.05) is 0 Å². The second-order valence-corrected chi connectivity index (χ2v) is 14.0. The van der Waals surface area contributed by atoms with Crippen LogP contribution in [0.1, 0.15) is 214 Å². The average Bonchev–Trinajstić information content (AvgIpc) is 2.90. The van der Waals surface area contributed by atoms with Crippen molar-refractivity contribution in [1.29, 1.82) is 0 Å². The minimum Gasteiger partial charge on any atom is -0.303 e. The monoisotopic (exact) mass is 550 g/mol. The van der Waals surface area contributed by atoms with Crippen molar-refractivity contribution in [3.8, 4) is 0 Å². The van der Waals surface area contributed by atoms with Gasteiger partial charge in [-0.25, -0.2) is 0 Å². The van der Waals surface area contributed by atoms with Crippen LogP contribution >= 0.6 is 0 Å². The van der Waals surface area contributed by atoms with Crippen molar-refractivity contribution in [2.24, 2.45) is 11.8 Å². The van der Waals surface area contributed by atoms with E-state index in [1.165, 1.54) is 199 Å². The molecule has 0 aromatic heterocycles. The van der Waals surface area contributed by atoms with Gasteiger partial charge in [0.2, 0.25) is 0 Å². The summed E-state index contributed by atoms with van der Waals surface area (Å²) in [5.74, 6) is 1.77. The van der Waals surface area contributed by atoms with E-state index in [1.54, 1.807) is 0 Å². The van der Waals surface area contributed by atoms with E-state index in [9.17, 15) is 0 Å². The molecule has 0 aliphatic rings. The van der Waals surface area contributed by atoms with Gasteiger partial charge >= 0.3 is 0 Å². The molecule has 0 aliphatic carbocycles. The Morgan fingerprint density at radius 3 is 0.795 bits per heavy atom. The molecule has 236 valence electrons. The molecule has 0 fully saturated rings. The van der Waals surface area contributed by atoms with Crippen LogP contribution < -0.4 is 0 Å². The van der Waals surface area contributed by atoms with Gasteiger partial charge < -0.3 is 4.90 Å². The normalized spacial score (nSPS) is 12.0. The zero-order chi connectivity index (χ0) is 28.7. The van der Waals surface area contributed by atoms with Crippen LogP contribution in [0.5, 0.6) is 0 Å². The molecule has 1 heteroatoms. The summed E-state index contributed by atoms with van der Waals surface area (Å²) in [6, 6.07) is 0. The van der Waals surface area contributed by atoms with E-state index >= 15 is 0 Å². The Hall–Kier alpha value is -0.0400. The predicted molar refractivity (Wildman–Crippen MR) is 181 cm³/mol. The van der Waals surface area contributed by atoms with Gasteiger partial charge in [0.25, 0.3) is 0 Å². The third kappa shape index (κ3) is 34.1. The highest BCUT2D eigenvalue weighted by atomic mass is 15.1. The molecule has 0 spiro atoms. The highest BCUT2D eigenvalue weighted by molar-refractivity contribution is 4.61. The first-order valence-corrected chi connectivity index (χ1v) is 18.8. The summed E-state index contributed by atoms with van der Waals surface area (Å²) in [6.07, 6.45) is 40.7. The van der Waals surface area contributed by atoms with E-state index in [2.05, 4.69) is 39.5 Å². The van der Waals surface area contributed by atoms with E-state index in [0.717, 1.165) is 11.8 Å². The quantitative estimate of drug-likeness (QED) is 0.0736. The van der Waals surface area contributed by atoms with Crippen molar-refractivity contribution < 1.29 is 0 Å². The summed E-state index contributed by atoms with van der Waals surface area (Å²) in [4.78, 5) is 2.85. The highest BCUT2D eigenvalue weighted by Gasteiger charge is 2.05. The summed E-state index contributed by atoms with van der Waals surface area (Å²) < 4.78 is 0. The molecule has 0 atom stereocenters. The topological polar surface area (TPSA) is 3.24 Å². The molecule has 0 saturated carbocycles. The van der Waals surface area contributed by atoms with Gasteiger partial charge in [-0.1, -0.05) is 195 Å². The van der Waals surface area contributed by atoms with Crippen LogP contribution in [0.3, 0.4) is 0 Å². The van der Waals surface area contributed by atoms with Gasteiger partial charge in [-0.05, 0) is 50.7 Å². The molecule has 0 unspecified atom stereocenters. The molecule has 0 radical (unpaired) electrons. The Morgan fingerprint density at radius 1 is 0.308 bits per heavy atom. The van der Waals surface area contributed by atoms with Gasteiger partial charge in [-0.3, -0.25) is 0 Å². The molecule has 0 rings (SSSR count). The van der Waals surface area contributed by atoms with Crippen LogP contribution in [0.15, 0.2) is 0 Å². The molecule has 0 aromatic carbocycles. The third-order valence-corrected chi connectivity index (χ3v) is 8.84. The maximum absolute atomic E-state index is 2.85. The van der Waals surface area contributed by atoms with Crippen molar-refractivity contribution in [2.45, 2.75) is 214 Å². The summed E-state index contributed by atoms with van der Waals surface area (Å²) in [7, 11) is 0. The Kier molecular flexibility index (Phi) is 32.4. The van der Waals surface area contributed by atoms with E-state index in [0.29, 0.717) is 0 Å². The van der Waals surface area contributed by atoms with E-state index in [4.69, 9.17) is 0 Å². The summed E-state index contributed by atoms with van der Waals surface area (Å²) in [6.45, 7) is 15.8. The van der Waals surface area contributed by atoms with Crippen molar-refractivity contribution in [3.63, 3.8) is 0 Å². The number of unbranched alkanes of at least 4 members (excludes halogenated alkanes) is 23. The van der Waals surface area contributed by atoms with Gasteiger partial charge in [0.1, 0.15) is 0 Å². The lowest BCUT2D eigenvalue weighted by Gasteiger charge is -2.22. The molecular formula is C38H79N. The first-order chi connectivity index (χ1) is 19.1. The van der Waals surface area contributed by atoms with E-state index in [1.807, 2.05) is 0 Å².